The lowest BCUT2D eigenvalue weighted by atomic mass is 9.92. The van der Waals surface area contributed by atoms with Crippen molar-refractivity contribution in [1.29, 1.82) is 0 Å². The van der Waals surface area contributed by atoms with Crippen molar-refractivity contribution in [2.24, 2.45) is 11.8 Å². The van der Waals surface area contributed by atoms with E-state index in [4.69, 9.17) is 0 Å². The number of ketones is 1. The Balaban J connectivity index is 2.38. The highest BCUT2D eigenvalue weighted by molar-refractivity contribution is 5.77. The molecule has 2 nitrogen and oxygen atoms in total. The fraction of sp³-hybridized carbons (Fsp3) is 0.900. The van der Waals surface area contributed by atoms with E-state index in [1.54, 1.807) is 6.92 Å². The summed E-state index contributed by atoms with van der Waals surface area (Å²) in [6.45, 7) is 9.05. The van der Waals surface area contributed by atoms with Crippen molar-refractivity contribution in [3.8, 4) is 0 Å². The highest BCUT2D eigenvalue weighted by atomic mass is 16.1. The minimum absolute atomic E-state index is 0.288. The highest BCUT2D eigenvalue weighted by Crippen LogP contribution is 2.20. The number of carbonyl (C=O) groups excluding carboxylic acids is 1. The summed E-state index contributed by atoms with van der Waals surface area (Å²) >= 11 is 0. The summed E-state index contributed by atoms with van der Waals surface area (Å²) in [7, 11) is 0. The molecule has 0 aromatic rings. The number of Topliss-reactive ketones (excluding diaryl/α,β-unsaturated/α-hetero) is 1. The molecule has 0 saturated carbocycles. The number of piperidine rings is 1. The summed E-state index contributed by atoms with van der Waals surface area (Å²) in [5.41, 5.74) is 0. The van der Waals surface area contributed by atoms with Gasteiger partial charge in [0.05, 0.1) is 6.54 Å². The Morgan fingerprint density at radius 1 is 1.33 bits per heavy atom. The maximum Gasteiger partial charge on any atom is 0.143 e. The molecule has 1 saturated heterocycles. The van der Waals surface area contributed by atoms with Crippen LogP contribution in [-0.4, -0.2) is 30.3 Å². The average Bonchev–Trinajstić information content (AvgIpc) is 1.81. The molecule has 1 rings (SSSR count). The first-order chi connectivity index (χ1) is 5.58. The molecule has 2 atom stereocenters. The van der Waals surface area contributed by atoms with Gasteiger partial charge in [0.15, 0.2) is 0 Å². The van der Waals surface area contributed by atoms with Gasteiger partial charge in [-0.15, -0.1) is 0 Å². The lowest BCUT2D eigenvalue weighted by Crippen LogP contribution is -2.40. The Morgan fingerprint density at radius 3 is 2.25 bits per heavy atom. The first-order valence-electron chi connectivity index (χ1n) is 4.79. The summed E-state index contributed by atoms with van der Waals surface area (Å²) in [4.78, 5) is 13.2. The zero-order chi connectivity index (χ0) is 9.14. The summed E-state index contributed by atoms with van der Waals surface area (Å²) < 4.78 is 0. The quantitative estimate of drug-likeness (QED) is 0.625. The first-order valence-corrected chi connectivity index (χ1v) is 4.79. The molecule has 0 radical (unpaired) electrons. The van der Waals surface area contributed by atoms with Crippen LogP contribution in [-0.2, 0) is 4.79 Å². The van der Waals surface area contributed by atoms with E-state index in [1.807, 2.05) is 0 Å². The zero-order valence-electron chi connectivity index (χ0n) is 8.34. The standard InChI is InChI=1S/C10H19NO/c1-8-4-9(2)6-11(5-8)7-10(3)12/h8-9H,4-7H2,1-3H3. The van der Waals surface area contributed by atoms with E-state index in [1.165, 1.54) is 6.42 Å². The molecule has 1 heterocycles. The molecule has 1 fully saturated rings. The van der Waals surface area contributed by atoms with E-state index in [9.17, 15) is 4.79 Å². The number of rotatable bonds is 2. The van der Waals surface area contributed by atoms with Crippen LogP contribution in [0.3, 0.4) is 0 Å². The lowest BCUT2D eigenvalue weighted by molar-refractivity contribution is -0.118. The Morgan fingerprint density at radius 2 is 1.83 bits per heavy atom. The number of hydrogen-bond donors (Lipinski definition) is 0. The molecule has 12 heavy (non-hydrogen) atoms. The lowest BCUT2D eigenvalue weighted by Gasteiger charge is -2.34. The van der Waals surface area contributed by atoms with Crippen LogP contribution in [0.5, 0.6) is 0 Å². The molecule has 0 aromatic heterocycles. The molecule has 2 heteroatoms. The Hall–Kier alpha value is -0.370. The first kappa shape index (κ1) is 9.72. The van der Waals surface area contributed by atoms with Gasteiger partial charge < -0.3 is 0 Å². The molecule has 2 unspecified atom stereocenters. The summed E-state index contributed by atoms with van der Waals surface area (Å²) in [5.74, 6) is 1.80. The number of carbonyl (C=O) groups is 1. The maximum atomic E-state index is 10.9. The molecule has 0 spiro atoms. The van der Waals surface area contributed by atoms with Gasteiger partial charge in [-0.1, -0.05) is 13.8 Å². The van der Waals surface area contributed by atoms with Gasteiger partial charge in [0.2, 0.25) is 0 Å². The van der Waals surface area contributed by atoms with Gasteiger partial charge in [0, 0.05) is 13.1 Å². The van der Waals surface area contributed by atoms with Gasteiger partial charge in [0.25, 0.3) is 0 Å². The molecular weight excluding hydrogens is 150 g/mol. The molecule has 70 valence electrons. The fourth-order valence-electron chi connectivity index (χ4n) is 2.24. The van der Waals surface area contributed by atoms with Crippen LogP contribution in [0.1, 0.15) is 27.2 Å². The second-order valence-corrected chi connectivity index (χ2v) is 4.34. The minimum atomic E-state index is 0.288. The third-order valence-electron chi connectivity index (χ3n) is 2.39. The maximum absolute atomic E-state index is 10.9. The van der Waals surface area contributed by atoms with Crippen LogP contribution >= 0.6 is 0 Å². The van der Waals surface area contributed by atoms with Gasteiger partial charge in [-0.05, 0) is 25.2 Å². The van der Waals surface area contributed by atoms with Crippen molar-refractivity contribution in [3.63, 3.8) is 0 Å². The van der Waals surface area contributed by atoms with E-state index >= 15 is 0 Å². The van der Waals surface area contributed by atoms with Crippen molar-refractivity contribution in [1.82, 2.24) is 4.90 Å². The minimum Gasteiger partial charge on any atom is -0.299 e. The topological polar surface area (TPSA) is 20.3 Å². The van der Waals surface area contributed by atoms with Crippen LogP contribution < -0.4 is 0 Å². The van der Waals surface area contributed by atoms with E-state index in [2.05, 4.69) is 18.7 Å². The van der Waals surface area contributed by atoms with Crippen LogP contribution in [0.4, 0.5) is 0 Å². The van der Waals surface area contributed by atoms with Gasteiger partial charge in [0.1, 0.15) is 5.78 Å². The molecule has 1 aliphatic heterocycles. The normalized spacial score (nSPS) is 31.9. The fourth-order valence-corrected chi connectivity index (χ4v) is 2.24. The van der Waals surface area contributed by atoms with Crippen molar-refractivity contribution >= 4 is 5.78 Å². The number of nitrogens with zero attached hydrogens (tertiary/aromatic N) is 1. The van der Waals surface area contributed by atoms with Crippen molar-refractivity contribution in [2.75, 3.05) is 19.6 Å². The van der Waals surface area contributed by atoms with Crippen molar-refractivity contribution < 1.29 is 4.79 Å². The van der Waals surface area contributed by atoms with E-state index in [0.29, 0.717) is 6.54 Å². The zero-order valence-corrected chi connectivity index (χ0v) is 8.34. The van der Waals surface area contributed by atoms with Gasteiger partial charge in [-0.25, -0.2) is 0 Å². The average molecular weight is 169 g/mol. The molecular formula is C10H19NO. The predicted molar refractivity (Wildman–Crippen MR) is 50.1 cm³/mol. The van der Waals surface area contributed by atoms with Crippen LogP contribution in [0.15, 0.2) is 0 Å². The predicted octanol–water partition coefficient (Wildman–Crippen LogP) is 1.55. The molecule has 0 bridgehead atoms. The van der Waals surface area contributed by atoms with E-state index < -0.39 is 0 Å². The van der Waals surface area contributed by atoms with Crippen LogP contribution in [0.25, 0.3) is 0 Å². The summed E-state index contributed by atoms with van der Waals surface area (Å²) in [6, 6.07) is 0. The second-order valence-electron chi connectivity index (χ2n) is 4.34. The Bertz CT molecular complexity index is 157. The smallest absolute Gasteiger partial charge is 0.143 e. The monoisotopic (exact) mass is 169 g/mol. The molecule has 0 aliphatic carbocycles. The summed E-state index contributed by atoms with van der Waals surface area (Å²) in [6.07, 6.45) is 1.31. The molecule has 0 aromatic carbocycles. The third kappa shape index (κ3) is 2.94. The van der Waals surface area contributed by atoms with E-state index in [-0.39, 0.29) is 5.78 Å². The SMILES string of the molecule is CC(=O)CN1CC(C)CC(C)C1. The van der Waals surface area contributed by atoms with Crippen LogP contribution in [0.2, 0.25) is 0 Å². The molecule has 0 N–H and O–H groups in total. The van der Waals surface area contributed by atoms with Crippen molar-refractivity contribution in [2.45, 2.75) is 27.2 Å². The van der Waals surface area contributed by atoms with Gasteiger partial charge in [-0.3, -0.25) is 9.69 Å². The molecule has 0 amide bonds. The third-order valence-corrected chi connectivity index (χ3v) is 2.39. The number of hydrogen-bond acceptors (Lipinski definition) is 2. The second kappa shape index (κ2) is 4.04. The van der Waals surface area contributed by atoms with Gasteiger partial charge in [-0.2, -0.15) is 0 Å². The van der Waals surface area contributed by atoms with Crippen molar-refractivity contribution in [3.05, 3.63) is 0 Å². The van der Waals surface area contributed by atoms with Crippen LogP contribution in [0, 0.1) is 11.8 Å². The van der Waals surface area contributed by atoms with Gasteiger partial charge >= 0.3 is 0 Å². The van der Waals surface area contributed by atoms with E-state index in [0.717, 1.165) is 24.9 Å². The Labute approximate surface area is 74.9 Å². The largest absolute Gasteiger partial charge is 0.299 e. The molecule has 1 aliphatic rings. The Kier molecular flexibility index (Phi) is 3.27. The number of likely N-dealkylation sites (tertiary alicyclic amines) is 1. The summed E-state index contributed by atoms with van der Waals surface area (Å²) in [5, 5.41) is 0. The highest BCUT2D eigenvalue weighted by Gasteiger charge is 2.21.